The third-order valence-electron chi connectivity index (χ3n) is 2.23. The first-order valence-corrected chi connectivity index (χ1v) is 5.03. The highest BCUT2D eigenvalue weighted by molar-refractivity contribution is 5.88. The minimum absolute atomic E-state index is 0.136. The van der Waals surface area contributed by atoms with Crippen molar-refractivity contribution in [1.29, 1.82) is 0 Å². The van der Waals surface area contributed by atoms with Crippen LogP contribution in [0.5, 0.6) is 0 Å². The fourth-order valence-corrected chi connectivity index (χ4v) is 1.38. The minimum atomic E-state index is -1.01. The van der Waals surface area contributed by atoms with E-state index in [0.29, 0.717) is 12.4 Å². The number of nitrogens with zero attached hydrogens (tertiary/aromatic N) is 1. The van der Waals surface area contributed by atoms with Gasteiger partial charge in [-0.05, 0) is 23.8 Å². The molecule has 0 aromatic carbocycles. The molecule has 0 bridgehead atoms. The van der Waals surface area contributed by atoms with Crippen LogP contribution in [0.3, 0.4) is 0 Å². The second-order valence-corrected chi connectivity index (χ2v) is 3.41. The van der Waals surface area contributed by atoms with Gasteiger partial charge in [0.05, 0.1) is 12.9 Å². The molecule has 0 spiro atoms. The summed E-state index contributed by atoms with van der Waals surface area (Å²) in [5, 5.41) is 8.85. The van der Waals surface area contributed by atoms with Crippen LogP contribution in [0, 0.1) is 0 Å². The Labute approximate surface area is 97.7 Å². The minimum Gasteiger partial charge on any atom is -0.478 e. The van der Waals surface area contributed by atoms with E-state index in [0.717, 1.165) is 5.56 Å². The SMILES string of the molecule is O=C(O)c1ccoc1COCc1ccncc1. The number of aromatic carboxylic acids is 1. The van der Waals surface area contributed by atoms with Gasteiger partial charge in [-0.15, -0.1) is 0 Å². The normalized spacial score (nSPS) is 10.4. The number of ether oxygens (including phenoxy) is 1. The van der Waals surface area contributed by atoms with Gasteiger partial charge in [-0.3, -0.25) is 4.98 Å². The molecule has 0 saturated heterocycles. The molecule has 0 aliphatic rings. The zero-order valence-electron chi connectivity index (χ0n) is 9.00. The van der Waals surface area contributed by atoms with Gasteiger partial charge in [-0.1, -0.05) is 0 Å². The lowest BCUT2D eigenvalue weighted by Crippen LogP contribution is -2.01. The third kappa shape index (κ3) is 2.92. The molecule has 0 aliphatic carbocycles. The Kier molecular flexibility index (Phi) is 3.52. The average Bonchev–Trinajstić information content (AvgIpc) is 2.79. The van der Waals surface area contributed by atoms with Crippen molar-refractivity contribution in [3.05, 3.63) is 53.7 Å². The predicted octanol–water partition coefficient (Wildman–Crippen LogP) is 2.09. The molecule has 0 unspecified atom stereocenters. The molecular weight excluding hydrogens is 222 g/mol. The maximum absolute atomic E-state index is 10.8. The Bertz CT molecular complexity index is 492. The van der Waals surface area contributed by atoms with E-state index in [-0.39, 0.29) is 12.2 Å². The van der Waals surface area contributed by atoms with Gasteiger partial charge in [0, 0.05) is 12.4 Å². The number of carboxylic acid groups (broad SMARTS) is 1. The van der Waals surface area contributed by atoms with E-state index in [9.17, 15) is 4.79 Å². The van der Waals surface area contributed by atoms with Crippen molar-refractivity contribution < 1.29 is 19.1 Å². The summed E-state index contributed by atoms with van der Waals surface area (Å²) in [5.41, 5.74) is 1.11. The molecule has 88 valence electrons. The maximum Gasteiger partial charge on any atom is 0.339 e. The summed E-state index contributed by atoms with van der Waals surface area (Å²) in [5.74, 6) is -0.687. The number of hydrogen-bond acceptors (Lipinski definition) is 4. The molecule has 0 saturated carbocycles. The first kappa shape index (κ1) is 11.3. The molecular formula is C12H11NO4. The van der Waals surface area contributed by atoms with Crippen LogP contribution in [-0.2, 0) is 18.0 Å². The largest absolute Gasteiger partial charge is 0.478 e. The maximum atomic E-state index is 10.8. The van der Waals surface area contributed by atoms with Crippen molar-refractivity contribution in [3.8, 4) is 0 Å². The fraction of sp³-hybridized carbons (Fsp3) is 0.167. The Morgan fingerprint density at radius 1 is 1.29 bits per heavy atom. The van der Waals surface area contributed by atoms with Crippen molar-refractivity contribution in [2.24, 2.45) is 0 Å². The molecule has 2 aromatic heterocycles. The average molecular weight is 233 g/mol. The Morgan fingerprint density at radius 2 is 2.06 bits per heavy atom. The number of hydrogen-bond donors (Lipinski definition) is 1. The molecule has 0 aliphatic heterocycles. The topological polar surface area (TPSA) is 72.6 Å². The van der Waals surface area contributed by atoms with E-state index in [1.165, 1.54) is 12.3 Å². The van der Waals surface area contributed by atoms with Crippen molar-refractivity contribution in [2.75, 3.05) is 0 Å². The van der Waals surface area contributed by atoms with Crippen LogP contribution < -0.4 is 0 Å². The van der Waals surface area contributed by atoms with Crippen LogP contribution in [-0.4, -0.2) is 16.1 Å². The molecule has 0 fully saturated rings. The molecule has 5 heteroatoms. The number of carbonyl (C=O) groups is 1. The summed E-state index contributed by atoms with van der Waals surface area (Å²) in [6, 6.07) is 5.08. The van der Waals surface area contributed by atoms with Gasteiger partial charge in [0.25, 0.3) is 0 Å². The van der Waals surface area contributed by atoms with Gasteiger partial charge < -0.3 is 14.3 Å². The van der Waals surface area contributed by atoms with Crippen LogP contribution in [0.15, 0.2) is 41.3 Å². The summed E-state index contributed by atoms with van der Waals surface area (Å²) in [4.78, 5) is 14.7. The van der Waals surface area contributed by atoms with E-state index < -0.39 is 5.97 Å². The van der Waals surface area contributed by atoms with E-state index in [1.807, 2.05) is 12.1 Å². The molecule has 1 N–H and O–H groups in total. The molecule has 0 amide bonds. The van der Waals surface area contributed by atoms with Crippen molar-refractivity contribution in [1.82, 2.24) is 4.98 Å². The molecule has 2 rings (SSSR count). The van der Waals surface area contributed by atoms with Crippen LogP contribution in [0.2, 0.25) is 0 Å². The Balaban J connectivity index is 1.90. The monoisotopic (exact) mass is 233 g/mol. The summed E-state index contributed by atoms with van der Waals surface area (Å²) in [6.45, 7) is 0.527. The number of pyridine rings is 1. The summed E-state index contributed by atoms with van der Waals surface area (Å²) < 4.78 is 10.4. The molecule has 0 radical (unpaired) electrons. The molecule has 17 heavy (non-hydrogen) atoms. The van der Waals surface area contributed by atoms with Crippen LogP contribution >= 0.6 is 0 Å². The van der Waals surface area contributed by atoms with Gasteiger partial charge in [-0.2, -0.15) is 0 Å². The first-order valence-electron chi connectivity index (χ1n) is 5.03. The number of carboxylic acids is 1. The highest BCUT2D eigenvalue weighted by atomic mass is 16.5. The molecule has 2 aromatic rings. The van der Waals surface area contributed by atoms with E-state index in [2.05, 4.69) is 4.98 Å². The lowest BCUT2D eigenvalue weighted by atomic mass is 10.2. The van der Waals surface area contributed by atoms with Crippen LogP contribution in [0.4, 0.5) is 0 Å². The summed E-state index contributed by atoms with van der Waals surface area (Å²) in [7, 11) is 0. The number of rotatable bonds is 5. The summed E-state index contributed by atoms with van der Waals surface area (Å²) >= 11 is 0. The van der Waals surface area contributed by atoms with E-state index in [1.54, 1.807) is 12.4 Å². The van der Waals surface area contributed by atoms with Gasteiger partial charge in [0.2, 0.25) is 0 Å². The highest BCUT2D eigenvalue weighted by Crippen LogP contribution is 2.12. The van der Waals surface area contributed by atoms with Gasteiger partial charge >= 0.3 is 5.97 Å². The third-order valence-corrected chi connectivity index (χ3v) is 2.23. The van der Waals surface area contributed by atoms with Crippen molar-refractivity contribution in [3.63, 3.8) is 0 Å². The van der Waals surface area contributed by atoms with Crippen LogP contribution in [0.1, 0.15) is 21.7 Å². The molecule has 5 nitrogen and oxygen atoms in total. The van der Waals surface area contributed by atoms with E-state index in [4.69, 9.17) is 14.3 Å². The predicted molar refractivity (Wildman–Crippen MR) is 58.4 cm³/mol. The lowest BCUT2D eigenvalue weighted by Gasteiger charge is -2.02. The number of furan rings is 1. The Morgan fingerprint density at radius 3 is 2.76 bits per heavy atom. The smallest absolute Gasteiger partial charge is 0.339 e. The summed E-state index contributed by atoms with van der Waals surface area (Å²) in [6.07, 6.45) is 4.69. The Hall–Kier alpha value is -2.14. The standard InChI is InChI=1S/C12H11NO4/c14-12(15)10-3-6-17-11(10)8-16-7-9-1-4-13-5-2-9/h1-6H,7-8H2,(H,14,15). The molecule has 2 heterocycles. The van der Waals surface area contributed by atoms with Crippen LogP contribution in [0.25, 0.3) is 0 Å². The lowest BCUT2D eigenvalue weighted by molar-refractivity contribution is 0.0671. The van der Waals surface area contributed by atoms with Crippen molar-refractivity contribution in [2.45, 2.75) is 13.2 Å². The van der Waals surface area contributed by atoms with E-state index >= 15 is 0 Å². The fourth-order valence-electron chi connectivity index (χ4n) is 1.38. The molecule has 0 atom stereocenters. The second-order valence-electron chi connectivity index (χ2n) is 3.41. The van der Waals surface area contributed by atoms with Gasteiger partial charge in [0.1, 0.15) is 17.9 Å². The van der Waals surface area contributed by atoms with Gasteiger partial charge in [0.15, 0.2) is 0 Å². The van der Waals surface area contributed by atoms with Crippen molar-refractivity contribution >= 4 is 5.97 Å². The first-order chi connectivity index (χ1) is 8.27. The van der Waals surface area contributed by atoms with Gasteiger partial charge in [-0.25, -0.2) is 4.79 Å². The quantitative estimate of drug-likeness (QED) is 0.856. The zero-order chi connectivity index (χ0) is 12.1. The number of aromatic nitrogens is 1. The highest BCUT2D eigenvalue weighted by Gasteiger charge is 2.12. The zero-order valence-corrected chi connectivity index (χ0v) is 9.00. The second kappa shape index (κ2) is 5.27.